The second-order valence-corrected chi connectivity index (χ2v) is 8.40. The number of tetrazole rings is 1. The number of fused-ring (bicyclic) bond motifs is 1. The number of anilines is 2. The van der Waals surface area contributed by atoms with Crippen LogP contribution in [0.2, 0.25) is 0 Å². The topological polar surface area (TPSA) is 140 Å². The Morgan fingerprint density at radius 3 is 2.78 bits per heavy atom. The van der Waals surface area contributed by atoms with Gasteiger partial charge in [-0.3, -0.25) is 9.59 Å². The first-order valence-electron chi connectivity index (χ1n) is 10.1. The van der Waals surface area contributed by atoms with E-state index in [0.717, 1.165) is 29.2 Å². The molecule has 5 N–H and O–H groups in total. The Bertz CT molecular complexity index is 1290. The van der Waals surface area contributed by atoms with Crippen molar-refractivity contribution in [3.63, 3.8) is 0 Å². The highest BCUT2D eigenvalue weighted by Gasteiger charge is 2.23. The molecule has 1 saturated heterocycles. The predicted octanol–water partition coefficient (Wildman–Crippen LogP) is 3.05. The first-order valence-corrected chi connectivity index (χ1v) is 10.9. The maximum absolute atomic E-state index is 13.0. The number of rotatable bonds is 5. The smallest absolute Gasteiger partial charge is 0.272 e. The quantitative estimate of drug-likeness (QED) is 0.288. The molecule has 1 atom stereocenters. The third-order valence-corrected chi connectivity index (χ3v) is 5.86. The summed E-state index contributed by atoms with van der Waals surface area (Å²) in [5.41, 5.74) is 2.89. The minimum absolute atomic E-state index is 0.0734. The molecule has 5 rings (SSSR count). The van der Waals surface area contributed by atoms with Crippen molar-refractivity contribution < 1.29 is 9.59 Å². The van der Waals surface area contributed by atoms with Crippen molar-refractivity contribution in [3.05, 3.63) is 52.6 Å². The molecule has 0 radical (unpaired) electrons. The maximum Gasteiger partial charge on any atom is 0.272 e. The summed E-state index contributed by atoms with van der Waals surface area (Å²) in [6.07, 6.45) is 1.80. The molecular formula is C21H19BrN8O2. The number of nitrogens with zero attached hydrogens (tertiary/aromatic N) is 3. The van der Waals surface area contributed by atoms with Gasteiger partial charge in [-0.1, -0.05) is 28.1 Å². The van der Waals surface area contributed by atoms with Crippen LogP contribution < -0.4 is 16.0 Å². The Labute approximate surface area is 190 Å². The highest BCUT2D eigenvalue weighted by molar-refractivity contribution is 9.10. The molecule has 11 heteroatoms. The second-order valence-electron chi connectivity index (χ2n) is 7.48. The van der Waals surface area contributed by atoms with Gasteiger partial charge in [0.1, 0.15) is 5.69 Å². The maximum atomic E-state index is 13.0. The number of hydrogen-bond acceptors (Lipinski definition) is 6. The number of aromatic amines is 2. The van der Waals surface area contributed by atoms with E-state index >= 15 is 0 Å². The van der Waals surface area contributed by atoms with Gasteiger partial charge in [-0.2, -0.15) is 0 Å². The van der Waals surface area contributed by atoms with Crippen LogP contribution in [0.1, 0.15) is 23.3 Å². The van der Waals surface area contributed by atoms with Crippen LogP contribution in [-0.2, 0) is 4.79 Å². The lowest BCUT2D eigenvalue weighted by Crippen LogP contribution is -2.35. The fourth-order valence-electron chi connectivity index (χ4n) is 3.80. The van der Waals surface area contributed by atoms with Crippen molar-refractivity contribution in [2.24, 2.45) is 0 Å². The number of nitrogens with one attached hydrogen (secondary N) is 5. The monoisotopic (exact) mass is 494 g/mol. The summed E-state index contributed by atoms with van der Waals surface area (Å²) in [6, 6.07) is 12.5. The van der Waals surface area contributed by atoms with Crippen LogP contribution in [0.15, 0.2) is 46.9 Å². The summed E-state index contributed by atoms with van der Waals surface area (Å²) in [5.74, 6) is 0.0338. The zero-order chi connectivity index (χ0) is 22.1. The van der Waals surface area contributed by atoms with Crippen molar-refractivity contribution in [3.8, 4) is 11.4 Å². The average molecular weight is 495 g/mol. The lowest BCUT2D eigenvalue weighted by molar-refractivity contribution is -0.117. The number of benzene rings is 2. The number of para-hydroxylation sites is 1. The predicted molar refractivity (Wildman–Crippen MR) is 123 cm³/mol. The van der Waals surface area contributed by atoms with Crippen molar-refractivity contribution in [2.75, 3.05) is 17.2 Å². The Hall–Kier alpha value is -3.57. The normalized spacial score (nSPS) is 15.7. The first kappa shape index (κ1) is 20.3. The van der Waals surface area contributed by atoms with Gasteiger partial charge >= 0.3 is 0 Å². The number of aromatic nitrogens is 5. The molecule has 4 aromatic rings. The van der Waals surface area contributed by atoms with Gasteiger partial charge in [0, 0.05) is 15.4 Å². The Morgan fingerprint density at radius 2 is 2.00 bits per heavy atom. The van der Waals surface area contributed by atoms with Crippen LogP contribution in [0.4, 0.5) is 11.4 Å². The van der Waals surface area contributed by atoms with Crippen LogP contribution in [0, 0.1) is 0 Å². The molecule has 0 unspecified atom stereocenters. The number of halogens is 1. The minimum atomic E-state index is -0.327. The summed E-state index contributed by atoms with van der Waals surface area (Å²) in [4.78, 5) is 28.7. The molecule has 10 nitrogen and oxygen atoms in total. The molecule has 2 aromatic heterocycles. The van der Waals surface area contributed by atoms with E-state index in [2.05, 4.69) is 57.5 Å². The molecule has 0 aliphatic carbocycles. The largest absolute Gasteiger partial charge is 0.349 e. The fraction of sp³-hybridized carbons (Fsp3) is 0.190. The van der Waals surface area contributed by atoms with Crippen LogP contribution in [0.3, 0.4) is 0 Å². The van der Waals surface area contributed by atoms with E-state index in [1.807, 2.05) is 30.3 Å². The number of H-pyrrole nitrogens is 2. The van der Waals surface area contributed by atoms with E-state index in [1.54, 1.807) is 12.1 Å². The third kappa shape index (κ3) is 3.99. The van der Waals surface area contributed by atoms with Gasteiger partial charge in [-0.15, -0.1) is 5.10 Å². The molecule has 162 valence electrons. The molecule has 2 aromatic carbocycles. The Morgan fingerprint density at radius 1 is 1.09 bits per heavy atom. The number of hydrogen-bond donors (Lipinski definition) is 5. The van der Waals surface area contributed by atoms with E-state index in [-0.39, 0.29) is 17.9 Å². The molecule has 1 aliphatic heterocycles. The van der Waals surface area contributed by atoms with Gasteiger partial charge in [-0.05, 0) is 60.1 Å². The van der Waals surface area contributed by atoms with Crippen molar-refractivity contribution >= 4 is 50.0 Å². The van der Waals surface area contributed by atoms with Gasteiger partial charge in [-0.25, -0.2) is 5.10 Å². The van der Waals surface area contributed by atoms with E-state index in [4.69, 9.17) is 0 Å². The fourth-order valence-corrected chi connectivity index (χ4v) is 4.16. The van der Waals surface area contributed by atoms with Crippen LogP contribution in [-0.4, -0.2) is 50.0 Å². The van der Waals surface area contributed by atoms with Gasteiger partial charge in [0.15, 0.2) is 5.82 Å². The molecule has 0 spiro atoms. The van der Waals surface area contributed by atoms with Crippen LogP contribution >= 0.6 is 15.9 Å². The van der Waals surface area contributed by atoms with Gasteiger partial charge in [0.05, 0.1) is 22.9 Å². The molecular weight excluding hydrogens is 476 g/mol. The van der Waals surface area contributed by atoms with Crippen LogP contribution in [0.5, 0.6) is 0 Å². The summed E-state index contributed by atoms with van der Waals surface area (Å²) < 4.78 is 0.824. The molecule has 2 amide bonds. The zero-order valence-corrected chi connectivity index (χ0v) is 18.4. The third-order valence-electron chi connectivity index (χ3n) is 5.37. The van der Waals surface area contributed by atoms with Gasteiger partial charge < -0.3 is 20.9 Å². The highest BCUT2D eigenvalue weighted by Crippen LogP contribution is 2.29. The SMILES string of the molecule is O=C(Nc1ccc(Br)cc1-c1nnn[nH]1)c1cc2cccc(NC(=O)[C@H]3CCCN3)c2[nH]1. The van der Waals surface area contributed by atoms with Gasteiger partial charge in [0.2, 0.25) is 5.91 Å². The highest BCUT2D eigenvalue weighted by atomic mass is 79.9. The van der Waals surface area contributed by atoms with E-state index in [0.29, 0.717) is 34.0 Å². The van der Waals surface area contributed by atoms with Crippen molar-refractivity contribution in [1.82, 2.24) is 30.9 Å². The Kier molecular flexibility index (Phi) is 5.41. The summed E-state index contributed by atoms with van der Waals surface area (Å²) in [5, 5.41) is 23.7. The van der Waals surface area contributed by atoms with Crippen molar-refractivity contribution in [2.45, 2.75) is 18.9 Å². The van der Waals surface area contributed by atoms with E-state index in [1.165, 1.54) is 0 Å². The van der Waals surface area contributed by atoms with Gasteiger partial charge in [0.25, 0.3) is 5.91 Å². The number of amides is 2. The zero-order valence-electron chi connectivity index (χ0n) is 16.8. The lowest BCUT2D eigenvalue weighted by atomic mass is 10.1. The van der Waals surface area contributed by atoms with Crippen LogP contribution in [0.25, 0.3) is 22.3 Å². The minimum Gasteiger partial charge on any atom is -0.349 e. The second kappa shape index (κ2) is 8.52. The molecule has 3 heterocycles. The molecule has 1 aliphatic rings. The van der Waals surface area contributed by atoms with Crippen molar-refractivity contribution in [1.29, 1.82) is 0 Å². The summed E-state index contributed by atoms with van der Waals surface area (Å²) in [7, 11) is 0. The molecule has 1 fully saturated rings. The molecule has 32 heavy (non-hydrogen) atoms. The standard InChI is InChI=1S/C21H19BrN8O2/c22-12-6-7-14(13(10-12)19-27-29-30-28-19)25-21(32)17-9-11-3-1-4-15(18(11)24-17)26-20(31)16-5-2-8-23-16/h1,3-4,6-7,9-10,16,23-24H,2,5,8H2,(H,25,32)(H,26,31)(H,27,28,29,30)/t16-/m1/s1. The number of carbonyl (C=O) groups is 2. The molecule has 0 bridgehead atoms. The summed E-state index contributed by atoms with van der Waals surface area (Å²) in [6.45, 7) is 0.845. The van der Waals surface area contributed by atoms with E-state index in [9.17, 15) is 9.59 Å². The molecule has 0 saturated carbocycles. The first-order chi connectivity index (χ1) is 15.6. The lowest BCUT2D eigenvalue weighted by Gasteiger charge is -2.11. The number of carbonyl (C=O) groups excluding carboxylic acids is 2. The van der Waals surface area contributed by atoms with E-state index < -0.39 is 0 Å². The summed E-state index contributed by atoms with van der Waals surface area (Å²) >= 11 is 3.43. The Balaban J connectivity index is 1.41. The average Bonchev–Trinajstić information content (AvgIpc) is 3.56.